The number of methoxy groups -OCH3 is 1. The first-order valence-corrected chi connectivity index (χ1v) is 13.3. The van der Waals surface area contributed by atoms with Gasteiger partial charge in [0.25, 0.3) is 0 Å². The number of anilines is 3. The van der Waals surface area contributed by atoms with Gasteiger partial charge in [-0.2, -0.15) is 0 Å². The number of nitrogens with one attached hydrogen (secondary N) is 3. The summed E-state index contributed by atoms with van der Waals surface area (Å²) in [6, 6.07) is 16.6. The molecular weight excluding hydrogens is 474 g/mol. The van der Waals surface area contributed by atoms with Gasteiger partial charge in [-0.25, -0.2) is 9.97 Å². The van der Waals surface area contributed by atoms with E-state index in [9.17, 15) is 0 Å². The fraction of sp³-hybridized carbons (Fsp3) is 0.367. The predicted molar refractivity (Wildman–Crippen MR) is 155 cm³/mol. The number of benzene rings is 2. The summed E-state index contributed by atoms with van der Waals surface area (Å²) in [6.45, 7) is 6.26. The molecule has 2 heterocycles. The van der Waals surface area contributed by atoms with Gasteiger partial charge in [-0.1, -0.05) is 37.3 Å². The molecule has 2 aromatic carbocycles. The molecule has 0 spiro atoms. The van der Waals surface area contributed by atoms with Crippen LogP contribution in [-0.2, 0) is 6.42 Å². The average Bonchev–Trinajstić information content (AvgIpc) is 2.95. The van der Waals surface area contributed by atoms with Crippen molar-refractivity contribution in [2.24, 2.45) is 0 Å². The Hall–Kier alpha value is -3.91. The maximum Gasteiger partial charge on any atom is 0.227 e. The topological polar surface area (TPSA) is 89.4 Å². The van der Waals surface area contributed by atoms with Gasteiger partial charge < -0.3 is 30.6 Å². The molecule has 0 radical (unpaired) electrons. The van der Waals surface area contributed by atoms with Crippen LogP contribution in [0.25, 0.3) is 5.57 Å². The van der Waals surface area contributed by atoms with Crippen molar-refractivity contribution in [1.82, 2.24) is 20.2 Å². The van der Waals surface area contributed by atoms with Gasteiger partial charge >= 0.3 is 0 Å². The molecule has 5 rings (SSSR count). The zero-order valence-corrected chi connectivity index (χ0v) is 22.7. The molecule has 1 aromatic heterocycles. The van der Waals surface area contributed by atoms with Crippen molar-refractivity contribution in [2.45, 2.75) is 25.7 Å². The SMILES string of the molecule is CN/C(=C1\C(=N)CCc2cnc(Nc3ccc(N4CCN(C)CC4)cc3OC)nc21)[C@H](C)c1ccccc1. The third kappa shape index (κ3) is 5.22. The number of allylic oxidation sites excluding steroid dienone is 2. The Morgan fingerprint density at radius 2 is 1.82 bits per heavy atom. The number of fused-ring (bicyclic) bond motifs is 1. The minimum atomic E-state index is 0.0936. The Morgan fingerprint density at radius 1 is 1.05 bits per heavy atom. The van der Waals surface area contributed by atoms with Crippen LogP contribution in [0, 0.1) is 5.41 Å². The number of aryl methyl sites for hydroxylation is 1. The lowest BCUT2D eigenvalue weighted by Crippen LogP contribution is -2.44. The second kappa shape index (κ2) is 11.2. The van der Waals surface area contributed by atoms with Crippen molar-refractivity contribution in [3.05, 3.63) is 77.2 Å². The second-order valence-corrected chi connectivity index (χ2v) is 10.0. The van der Waals surface area contributed by atoms with E-state index in [1.165, 1.54) is 5.56 Å². The minimum Gasteiger partial charge on any atom is -0.494 e. The number of hydrogen-bond acceptors (Lipinski definition) is 8. The molecule has 1 saturated heterocycles. The van der Waals surface area contributed by atoms with Crippen molar-refractivity contribution in [3.63, 3.8) is 0 Å². The minimum absolute atomic E-state index is 0.0936. The first-order valence-electron chi connectivity index (χ1n) is 13.3. The molecule has 1 aliphatic carbocycles. The summed E-state index contributed by atoms with van der Waals surface area (Å²) in [7, 11) is 5.78. The molecule has 8 nitrogen and oxygen atoms in total. The van der Waals surface area contributed by atoms with Crippen LogP contribution in [0.2, 0.25) is 0 Å². The van der Waals surface area contributed by atoms with Crippen molar-refractivity contribution < 1.29 is 4.74 Å². The van der Waals surface area contributed by atoms with E-state index < -0.39 is 0 Å². The van der Waals surface area contributed by atoms with E-state index in [4.69, 9.17) is 15.1 Å². The summed E-state index contributed by atoms with van der Waals surface area (Å²) in [6.07, 6.45) is 3.33. The van der Waals surface area contributed by atoms with Gasteiger partial charge in [0, 0.05) is 74.1 Å². The van der Waals surface area contributed by atoms with Gasteiger partial charge in [-0.15, -0.1) is 0 Å². The van der Waals surface area contributed by atoms with E-state index in [0.717, 1.165) is 72.3 Å². The van der Waals surface area contributed by atoms with Crippen LogP contribution in [0.3, 0.4) is 0 Å². The molecule has 0 bridgehead atoms. The van der Waals surface area contributed by atoms with E-state index in [1.807, 2.05) is 25.4 Å². The van der Waals surface area contributed by atoms with E-state index in [-0.39, 0.29) is 5.92 Å². The van der Waals surface area contributed by atoms with Crippen LogP contribution in [0.15, 0.2) is 60.4 Å². The van der Waals surface area contributed by atoms with Crippen molar-refractivity contribution in [2.75, 3.05) is 57.6 Å². The number of piperazine rings is 1. The number of aromatic nitrogens is 2. The molecule has 1 atom stereocenters. The summed E-state index contributed by atoms with van der Waals surface area (Å²) >= 11 is 0. The van der Waals surface area contributed by atoms with Crippen molar-refractivity contribution in [1.29, 1.82) is 5.41 Å². The maximum absolute atomic E-state index is 8.85. The standard InChI is InChI=1S/C30H37N7O/c1-20(21-8-6-5-7-9-21)28(32-2)27-24(31)12-10-22-19-33-30(35-29(22)27)34-25-13-11-23(18-26(25)38-4)37-16-14-36(3)15-17-37/h5-9,11,13,18-20,31-32H,10,12,14-17H2,1-4H3,(H,33,34,35)/b28-27+,31-24?/t20-/m1/s1. The van der Waals surface area contributed by atoms with Crippen molar-refractivity contribution >= 4 is 28.6 Å². The van der Waals surface area contributed by atoms with Crippen molar-refractivity contribution in [3.8, 4) is 5.75 Å². The van der Waals surface area contributed by atoms with Crippen LogP contribution >= 0.6 is 0 Å². The number of rotatable bonds is 7. The van der Waals surface area contributed by atoms with Crippen LogP contribution in [0.1, 0.15) is 36.1 Å². The molecule has 3 N–H and O–H groups in total. The van der Waals surface area contributed by atoms with E-state index in [2.05, 4.69) is 75.8 Å². The van der Waals surface area contributed by atoms with Crippen LogP contribution < -0.4 is 20.3 Å². The third-order valence-corrected chi connectivity index (χ3v) is 7.62. The normalized spacial score (nSPS) is 18.0. The summed E-state index contributed by atoms with van der Waals surface area (Å²) in [5, 5.41) is 15.6. The Bertz CT molecular complexity index is 1330. The fourth-order valence-corrected chi connectivity index (χ4v) is 5.32. The van der Waals surface area contributed by atoms with Gasteiger partial charge in [0.15, 0.2) is 0 Å². The maximum atomic E-state index is 8.85. The quantitative estimate of drug-likeness (QED) is 0.424. The molecule has 198 valence electrons. The zero-order chi connectivity index (χ0) is 26.6. The Labute approximate surface area is 225 Å². The highest BCUT2D eigenvalue weighted by molar-refractivity contribution is 6.24. The molecule has 0 unspecified atom stereocenters. The first-order chi connectivity index (χ1) is 18.5. The summed E-state index contributed by atoms with van der Waals surface area (Å²) in [4.78, 5) is 14.3. The molecule has 1 aliphatic heterocycles. The van der Waals surface area contributed by atoms with Gasteiger partial charge in [-0.3, -0.25) is 0 Å². The van der Waals surface area contributed by atoms with Gasteiger partial charge in [0.2, 0.25) is 5.95 Å². The molecule has 0 amide bonds. The lowest BCUT2D eigenvalue weighted by Gasteiger charge is -2.34. The smallest absolute Gasteiger partial charge is 0.227 e. The predicted octanol–water partition coefficient (Wildman–Crippen LogP) is 4.68. The second-order valence-electron chi connectivity index (χ2n) is 10.0. The zero-order valence-electron chi connectivity index (χ0n) is 22.7. The number of likely N-dealkylation sites (N-methyl/N-ethyl adjacent to an activating group) is 2. The number of nitrogens with zero attached hydrogens (tertiary/aromatic N) is 4. The van der Waals surface area contributed by atoms with E-state index >= 15 is 0 Å². The molecule has 0 saturated carbocycles. The molecular formula is C30H37N7O. The lowest BCUT2D eigenvalue weighted by atomic mass is 9.84. The van der Waals surface area contributed by atoms with E-state index in [0.29, 0.717) is 18.1 Å². The summed E-state index contributed by atoms with van der Waals surface area (Å²) in [5.74, 6) is 1.33. The molecule has 8 heteroatoms. The largest absolute Gasteiger partial charge is 0.494 e. The first kappa shape index (κ1) is 25.7. The average molecular weight is 512 g/mol. The Balaban J connectivity index is 1.47. The molecule has 2 aliphatic rings. The number of ether oxygens (including phenoxy) is 1. The van der Waals surface area contributed by atoms with Gasteiger partial charge in [-0.05, 0) is 43.1 Å². The fourth-order valence-electron chi connectivity index (χ4n) is 5.32. The van der Waals surface area contributed by atoms with Gasteiger partial charge in [0.05, 0.1) is 18.5 Å². The van der Waals surface area contributed by atoms with Crippen LogP contribution in [0.4, 0.5) is 17.3 Å². The monoisotopic (exact) mass is 511 g/mol. The van der Waals surface area contributed by atoms with Crippen LogP contribution in [-0.4, -0.2) is 68.0 Å². The summed E-state index contributed by atoms with van der Waals surface area (Å²) in [5.41, 5.74) is 7.51. The van der Waals surface area contributed by atoms with Crippen LogP contribution in [0.5, 0.6) is 5.75 Å². The van der Waals surface area contributed by atoms with Gasteiger partial charge in [0.1, 0.15) is 5.75 Å². The Morgan fingerprint density at radius 3 is 2.53 bits per heavy atom. The highest BCUT2D eigenvalue weighted by Crippen LogP contribution is 2.36. The molecule has 3 aromatic rings. The third-order valence-electron chi connectivity index (χ3n) is 7.62. The molecule has 38 heavy (non-hydrogen) atoms. The Kier molecular flexibility index (Phi) is 7.60. The highest BCUT2D eigenvalue weighted by atomic mass is 16.5. The van der Waals surface area contributed by atoms with E-state index in [1.54, 1.807) is 7.11 Å². The highest BCUT2D eigenvalue weighted by Gasteiger charge is 2.27. The number of hydrogen-bond donors (Lipinski definition) is 3. The summed E-state index contributed by atoms with van der Waals surface area (Å²) < 4.78 is 5.75. The molecule has 1 fully saturated rings. The lowest BCUT2D eigenvalue weighted by molar-refractivity contribution is 0.312.